The van der Waals surface area contributed by atoms with E-state index in [9.17, 15) is 26.4 Å². The molecule has 3 rings (SSSR count). The summed E-state index contributed by atoms with van der Waals surface area (Å²) in [5.41, 5.74) is 0.371. The summed E-state index contributed by atoms with van der Waals surface area (Å²) >= 11 is 0. The van der Waals surface area contributed by atoms with Crippen LogP contribution in [0.3, 0.4) is 0 Å². The Balaban J connectivity index is 2.02. The number of sulfone groups is 1. The molecular formula is C24H25F3N2O4S. The second kappa shape index (κ2) is 10.0. The molecular weight excluding hydrogens is 469 g/mol. The Hall–Kier alpha value is -3.11. The molecule has 0 atom stereocenters. The number of hydrogen-bond acceptors (Lipinski definition) is 4. The van der Waals surface area contributed by atoms with Crippen molar-refractivity contribution in [2.24, 2.45) is 0 Å². The molecule has 0 saturated heterocycles. The Morgan fingerprint density at radius 1 is 1.06 bits per heavy atom. The van der Waals surface area contributed by atoms with Crippen LogP contribution in [0.15, 0.2) is 59.6 Å². The zero-order valence-corrected chi connectivity index (χ0v) is 19.5. The molecule has 0 fully saturated rings. The van der Waals surface area contributed by atoms with Crippen LogP contribution in [0.5, 0.6) is 0 Å². The van der Waals surface area contributed by atoms with Crippen molar-refractivity contribution in [1.82, 2.24) is 4.57 Å². The number of amides is 1. The third kappa shape index (κ3) is 5.68. The zero-order chi connectivity index (χ0) is 25.1. The van der Waals surface area contributed by atoms with Crippen LogP contribution in [0.1, 0.15) is 34.3 Å². The van der Waals surface area contributed by atoms with E-state index in [1.54, 1.807) is 11.5 Å². The van der Waals surface area contributed by atoms with Crippen molar-refractivity contribution in [2.75, 3.05) is 18.2 Å². The molecule has 6 nitrogen and oxygen atoms in total. The normalized spacial score (nSPS) is 12.1. The lowest BCUT2D eigenvalue weighted by molar-refractivity contribution is -0.137. The summed E-state index contributed by atoms with van der Waals surface area (Å²) in [4.78, 5) is 13.1. The first kappa shape index (κ1) is 25.5. The Morgan fingerprint density at radius 2 is 1.71 bits per heavy atom. The minimum Gasteiger partial charge on any atom is -0.396 e. The molecule has 0 bridgehead atoms. The van der Waals surface area contributed by atoms with Gasteiger partial charge in [0.1, 0.15) is 0 Å². The summed E-state index contributed by atoms with van der Waals surface area (Å²) in [6.07, 6.45) is -1.02. The number of aryl methyl sites for hydroxylation is 1. The van der Waals surface area contributed by atoms with Gasteiger partial charge in [0.2, 0.25) is 0 Å². The summed E-state index contributed by atoms with van der Waals surface area (Å²) in [7, 11) is -3.39. The largest absolute Gasteiger partial charge is 0.417 e. The van der Waals surface area contributed by atoms with Crippen LogP contribution in [0, 0.1) is 6.92 Å². The maximum absolute atomic E-state index is 13.7. The van der Waals surface area contributed by atoms with Crippen LogP contribution in [-0.4, -0.2) is 36.9 Å². The molecule has 34 heavy (non-hydrogen) atoms. The van der Waals surface area contributed by atoms with E-state index in [2.05, 4.69) is 5.32 Å². The number of nitrogens with zero attached hydrogens (tertiary/aromatic N) is 1. The summed E-state index contributed by atoms with van der Waals surface area (Å²) in [6.45, 7) is 1.86. The number of carbonyl (C=O) groups excluding carboxylic acids is 1. The molecule has 0 aliphatic carbocycles. The Labute approximate surface area is 196 Å². The highest BCUT2D eigenvalue weighted by molar-refractivity contribution is 7.90. The highest BCUT2D eigenvalue weighted by Crippen LogP contribution is 2.39. The fourth-order valence-electron chi connectivity index (χ4n) is 3.74. The number of rotatable bonds is 8. The Kier molecular flexibility index (Phi) is 7.52. The average molecular weight is 495 g/mol. The lowest BCUT2D eigenvalue weighted by Crippen LogP contribution is -2.12. The standard InChI is InChI=1S/C24H25F3N2O4S/c1-16-20(23(31)28-17-9-11-18(12-10-17)34(2,32)33)15-29(13-5-6-14-30)22(16)19-7-3-4-8-21(19)24(25,26)27/h3-4,7-12,15,30H,5-6,13-14H2,1-2H3,(H,28,31). The molecule has 1 heterocycles. The Morgan fingerprint density at radius 3 is 2.29 bits per heavy atom. The fourth-order valence-corrected chi connectivity index (χ4v) is 4.37. The minimum absolute atomic E-state index is 0.0342. The number of aliphatic hydroxyl groups excluding tert-OH is 1. The van der Waals surface area contributed by atoms with Crippen molar-refractivity contribution in [1.29, 1.82) is 0 Å². The smallest absolute Gasteiger partial charge is 0.396 e. The van der Waals surface area contributed by atoms with E-state index in [1.807, 2.05) is 0 Å². The SMILES string of the molecule is Cc1c(C(=O)Nc2ccc(S(C)(=O)=O)cc2)cn(CCCCO)c1-c1ccccc1C(F)(F)F. The van der Waals surface area contributed by atoms with Gasteiger partial charge in [-0.3, -0.25) is 4.79 Å². The number of carbonyl (C=O) groups is 1. The molecule has 1 amide bonds. The molecule has 3 aromatic rings. The number of aromatic nitrogens is 1. The zero-order valence-electron chi connectivity index (χ0n) is 18.7. The third-order valence-electron chi connectivity index (χ3n) is 5.41. The third-order valence-corrected chi connectivity index (χ3v) is 6.54. The lowest BCUT2D eigenvalue weighted by Gasteiger charge is -2.16. The molecule has 0 unspecified atom stereocenters. The van der Waals surface area contributed by atoms with Crippen LogP contribution >= 0.6 is 0 Å². The van der Waals surface area contributed by atoms with Crippen molar-refractivity contribution in [3.05, 3.63) is 71.4 Å². The van der Waals surface area contributed by atoms with E-state index < -0.39 is 27.5 Å². The van der Waals surface area contributed by atoms with E-state index in [0.717, 1.165) is 12.3 Å². The van der Waals surface area contributed by atoms with Crippen LogP contribution in [0.2, 0.25) is 0 Å². The molecule has 0 aliphatic rings. The number of nitrogens with one attached hydrogen (secondary N) is 1. The van der Waals surface area contributed by atoms with Gasteiger partial charge < -0.3 is 15.0 Å². The molecule has 0 saturated carbocycles. The van der Waals surface area contributed by atoms with E-state index in [0.29, 0.717) is 30.6 Å². The van der Waals surface area contributed by atoms with E-state index in [4.69, 9.17) is 5.11 Å². The number of halogens is 3. The molecule has 182 valence electrons. The highest BCUT2D eigenvalue weighted by Gasteiger charge is 2.35. The second-order valence-corrected chi connectivity index (χ2v) is 9.95. The number of benzene rings is 2. The van der Waals surface area contributed by atoms with E-state index in [1.165, 1.54) is 48.7 Å². The monoisotopic (exact) mass is 494 g/mol. The van der Waals surface area contributed by atoms with Gasteiger partial charge in [0, 0.05) is 36.9 Å². The van der Waals surface area contributed by atoms with Crippen molar-refractivity contribution in [2.45, 2.75) is 37.4 Å². The summed E-state index contributed by atoms with van der Waals surface area (Å²) in [6, 6.07) is 10.8. The molecule has 1 aromatic heterocycles. The number of alkyl halides is 3. The summed E-state index contributed by atoms with van der Waals surface area (Å²) in [5, 5.41) is 11.8. The first-order chi connectivity index (χ1) is 15.9. The van der Waals surface area contributed by atoms with E-state index >= 15 is 0 Å². The lowest BCUT2D eigenvalue weighted by atomic mass is 10.00. The summed E-state index contributed by atoms with van der Waals surface area (Å²) < 4.78 is 66.0. The van der Waals surface area contributed by atoms with Gasteiger partial charge in [-0.2, -0.15) is 13.2 Å². The first-order valence-corrected chi connectivity index (χ1v) is 12.4. The average Bonchev–Trinajstić information content (AvgIpc) is 3.09. The van der Waals surface area contributed by atoms with Gasteiger partial charge in [-0.25, -0.2) is 8.42 Å². The van der Waals surface area contributed by atoms with Crippen LogP contribution in [0.4, 0.5) is 18.9 Å². The van der Waals surface area contributed by atoms with Gasteiger partial charge >= 0.3 is 6.18 Å². The molecule has 2 aromatic carbocycles. The van der Waals surface area contributed by atoms with Crippen molar-refractivity contribution >= 4 is 21.4 Å². The summed E-state index contributed by atoms with van der Waals surface area (Å²) in [5.74, 6) is -0.531. The minimum atomic E-state index is -4.58. The number of anilines is 1. The predicted molar refractivity (Wildman–Crippen MR) is 123 cm³/mol. The molecule has 0 aliphatic heterocycles. The quantitative estimate of drug-likeness (QED) is 0.436. The van der Waals surface area contributed by atoms with Gasteiger partial charge in [-0.15, -0.1) is 0 Å². The van der Waals surface area contributed by atoms with Gasteiger partial charge in [0.15, 0.2) is 9.84 Å². The number of hydrogen-bond donors (Lipinski definition) is 2. The van der Waals surface area contributed by atoms with E-state index in [-0.39, 0.29) is 28.3 Å². The predicted octanol–water partition coefficient (Wildman–Crippen LogP) is 4.91. The van der Waals surface area contributed by atoms with Crippen molar-refractivity contribution in [3.8, 4) is 11.3 Å². The topological polar surface area (TPSA) is 88.4 Å². The number of unbranched alkanes of at least 4 members (excludes halogenated alkanes) is 1. The van der Waals surface area contributed by atoms with Crippen molar-refractivity contribution in [3.63, 3.8) is 0 Å². The maximum Gasteiger partial charge on any atom is 0.417 e. The molecule has 10 heteroatoms. The molecule has 0 radical (unpaired) electrons. The highest BCUT2D eigenvalue weighted by atomic mass is 32.2. The van der Waals surface area contributed by atoms with Gasteiger partial charge in [-0.05, 0) is 55.7 Å². The van der Waals surface area contributed by atoms with Crippen LogP contribution in [-0.2, 0) is 22.6 Å². The fraction of sp³-hybridized carbons (Fsp3) is 0.292. The van der Waals surface area contributed by atoms with Crippen molar-refractivity contribution < 1.29 is 31.5 Å². The molecule has 0 spiro atoms. The maximum atomic E-state index is 13.7. The van der Waals surface area contributed by atoms with Gasteiger partial charge in [0.25, 0.3) is 5.91 Å². The molecule has 2 N–H and O–H groups in total. The Bertz CT molecular complexity index is 1280. The number of aliphatic hydroxyl groups is 1. The van der Waals surface area contributed by atoms with Gasteiger partial charge in [-0.1, -0.05) is 18.2 Å². The van der Waals surface area contributed by atoms with Crippen LogP contribution in [0.25, 0.3) is 11.3 Å². The second-order valence-electron chi connectivity index (χ2n) is 7.93. The van der Waals surface area contributed by atoms with Gasteiger partial charge in [0.05, 0.1) is 21.7 Å². The van der Waals surface area contributed by atoms with Crippen LogP contribution < -0.4 is 5.32 Å². The first-order valence-electron chi connectivity index (χ1n) is 10.5.